The van der Waals surface area contributed by atoms with Gasteiger partial charge in [-0.25, -0.2) is 13.6 Å². The van der Waals surface area contributed by atoms with Crippen molar-refractivity contribution in [1.82, 2.24) is 5.32 Å². The summed E-state index contributed by atoms with van der Waals surface area (Å²) in [6.07, 6.45) is 0. The first-order valence-electron chi connectivity index (χ1n) is 5.91. The van der Waals surface area contributed by atoms with Gasteiger partial charge >= 0.3 is 5.97 Å². The molecule has 1 rings (SSSR count). The lowest BCUT2D eigenvalue weighted by Gasteiger charge is -2.20. The number of esters is 1. The summed E-state index contributed by atoms with van der Waals surface area (Å²) in [5.74, 6) is -4.27. The molecule has 5 nitrogen and oxygen atoms in total. The molecule has 0 aliphatic carbocycles. The van der Waals surface area contributed by atoms with Crippen molar-refractivity contribution < 1.29 is 23.1 Å². The van der Waals surface area contributed by atoms with Gasteiger partial charge < -0.3 is 15.8 Å². The molecule has 0 aliphatic rings. The predicted octanol–water partition coefficient (Wildman–Crippen LogP) is 1.47. The van der Waals surface area contributed by atoms with Gasteiger partial charge in [-0.3, -0.25) is 4.79 Å². The molecule has 3 N–H and O–H groups in total. The first-order chi connectivity index (χ1) is 9.29. The van der Waals surface area contributed by atoms with Crippen molar-refractivity contribution in [3.63, 3.8) is 0 Å². The molecule has 0 saturated heterocycles. The van der Waals surface area contributed by atoms with E-state index in [4.69, 9.17) is 5.73 Å². The molecule has 0 aliphatic heterocycles. The summed E-state index contributed by atoms with van der Waals surface area (Å²) in [6.45, 7) is 3.32. The number of carbonyl (C=O) groups is 2. The van der Waals surface area contributed by atoms with Crippen LogP contribution < -0.4 is 11.1 Å². The van der Waals surface area contributed by atoms with E-state index in [2.05, 4.69) is 10.1 Å². The molecular formula is C13H16F2N2O3. The Balaban J connectivity index is 3.07. The van der Waals surface area contributed by atoms with Crippen LogP contribution in [0.4, 0.5) is 14.5 Å². The molecule has 1 aromatic carbocycles. The highest BCUT2D eigenvalue weighted by molar-refractivity contribution is 5.98. The van der Waals surface area contributed by atoms with Crippen molar-refractivity contribution in [2.75, 3.05) is 12.8 Å². The summed E-state index contributed by atoms with van der Waals surface area (Å²) < 4.78 is 31.8. The van der Waals surface area contributed by atoms with E-state index in [0.29, 0.717) is 0 Å². The third-order valence-corrected chi connectivity index (χ3v) is 2.76. The summed E-state index contributed by atoms with van der Waals surface area (Å²) >= 11 is 0. The minimum Gasteiger partial charge on any atom is -0.467 e. The Kier molecular flexibility index (Phi) is 5.01. The molecule has 0 heterocycles. The van der Waals surface area contributed by atoms with Crippen LogP contribution in [0.3, 0.4) is 0 Å². The number of amides is 1. The van der Waals surface area contributed by atoms with E-state index in [1.807, 2.05) is 0 Å². The number of ether oxygens (including phenoxy) is 1. The second-order valence-corrected chi connectivity index (χ2v) is 4.54. The summed E-state index contributed by atoms with van der Waals surface area (Å²) in [7, 11) is 1.16. The molecule has 0 bridgehead atoms. The van der Waals surface area contributed by atoms with Crippen molar-refractivity contribution in [3.05, 3.63) is 29.3 Å². The van der Waals surface area contributed by atoms with Gasteiger partial charge in [-0.05, 0) is 18.1 Å². The molecule has 0 aromatic heterocycles. The van der Waals surface area contributed by atoms with Crippen molar-refractivity contribution in [2.45, 2.75) is 19.9 Å². The van der Waals surface area contributed by atoms with Crippen LogP contribution in [0, 0.1) is 17.6 Å². The van der Waals surface area contributed by atoms with E-state index in [0.717, 1.165) is 19.2 Å². The Morgan fingerprint density at radius 3 is 2.40 bits per heavy atom. The highest BCUT2D eigenvalue weighted by atomic mass is 19.1. The normalized spacial score (nSPS) is 12.1. The van der Waals surface area contributed by atoms with Crippen molar-refractivity contribution in [1.29, 1.82) is 0 Å². The van der Waals surface area contributed by atoms with Crippen LogP contribution in [0.15, 0.2) is 12.1 Å². The third kappa shape index (κ3) is 3.23. The molecule has 1 atom stereocenters. The molecule has 0 fully saturated rings. The standard InChI is InChI=1S/C13H16F2N2O3/c1-6(2)11(13(19)20-3)17-12(18)9-7(14)4-5-8(16)10(9)15/h4-6,11H,16H2,1-3H3,(H,17,18). The monoisotopic (exact) mass is 286 g/mol. The van der Waals surface area contributed by atoms with Gasteiger partial charge in [0.15, 0.2) is 5.82 Å². The first kappa shape index (κ1) is 15.9. The molecule has 0 spiro atoms. The number of halogens is 2. The number of nitrogen functional groups attached to an aromatic ring is 1. The molecular weight excluding hydrogens is 270 g/mol. The number of anilines is 1. The van der Waals surface area contributed by atoms with Crippen LogP contribution >= 0.6 is 0 Å². The second kappa shape index (κ2) is 6.31. The molecule has 1 amide bonds. The molecule has 0 radical (unpaired) electrons. The molecule has 1 aromatic rings. The number of benzene rings is 1. The van der Waals surface area contributed by atoms with Gasteiger partial charge in [-0.15, -0.1) is 0 Å². The number of nitrogens with one attached hydrogen (secondary N) is 1. The van der Waals surface area contributed by atoms with Crippen LogP contribution in [0.25, 0.3) is 0 Å². The zero-order chi connectivity index (χ0) is 15.4. The number of hydrogen-bond donors (Lipinski definition) is 2. The van der Waals surface area contributed by atoms with Gasteiger partial charge in [0, 0.05) is 0 Å². The Morgan fingerprint density at radius 1 is 1.30 bits per heavy atom. The fraction of sp³-hybridized carbons (Fsp3) is 0.385. The lowest BCUT2D eigenvalue weighted by atomic mass is 10.0. The average molecular weight is 286 g/mol. The van der Waals surface area contributed by atoms with Crippen LogP contribution in [0.5, 0.6) is 0 Å². The summed E-state index contributed by atoms with van der Waals surface area (Å²) in [4.78, 5) is 23.4. The Labute approximate surface area is 115 Å². The Morgan fingerprint density at radius 2 is 1.90 bits per heavy atom. The fourth-order valence-electron chi connectivity index (χ4n) is 1.61. The number of carbonyl (C=O) groups excluding carboxylic acids is 2. The zero-order valence-corrected chi connectivity index (χ0v) is 11.4. The number of methoxy groups -OCH3 is 1. The van der Waals surface area contributed by atoms with E-state index in [1.165, 1.54) is 0 Å². The van der Waals surface area contributed by atoms with E-state index >= 15 is 0 Å². The number of hydrogen-bond acceptors (Lipinski definition) is 4. The minimum atomic E-state index is -1.16. The molecule has 7 heteroatoms. The lowest BCUT2D eigenvalue weighted by molar-refractivity contribution is -0.144. The predicted molar refractivity (Wildman–Crippen MR) is 68.9 cm³/mol. The van der Waals surface area contributed by atoms with Gasteiger partial charge in [0.1, 0.15) is 17.4 Å². The van der Waals surface area contributed by atoms with Gasteiger partial charge in [-0.2, -0.15) is 0 Å². The van der Waals surface area contributed by atoms with E-state index in [1.54, 1.807) is 13.8 Å². The maximum Gasteiger partial charge on any atom is 0.328 e. The smallest absolute Gasteiger partial charge is 0.328 e. The average Bonchev–Trinajstić information content (AvgIpc) is 2.39. The quantitative estimate of drug-likeness (QED) is 0.649. The molecule has 110 valence electrons. The second-order valence-electron chi connectivity index (χ2n) is 4.54. The lowest BCUT2D eigenvalue weighted by Crippen LogP contribution is -2.45. The van der Waals surface area contributed by atoms with Gasteiger partial charge in [-0.1, -0.05) is 13.8 Å². The zero-order valence-electron chi connectivity index (χ0n) is 11.4. The largest absolute Gasteiger partial charge is 0.467 e. The number of rotatable bonds is 4. The van der Waals surface area contributed by atoms with E-state index in [9.17, 15) is 18.4 Å². The van der Waals surface area contributed by atoms with Crippen LogP contribution in [0.1, 0.15) is 24.2 Å². The first-order valence-corrected chi connectivity index (χ1v) is 5.91. The third-order valence-electron chi connectivity index (χ3n) is 2.76. The highest BCUT2D eigenvalue weighted by Crippen LogP contribution is 2.19. The number of nitrogens with two attached hydrogens (primary N) is 1. The van der Waals surface area contributed by atoms with Crippen molar-refractivity contribution in [2.24, 2.45) is 5.92 Å². The summed E-state index contributed by atoms with van der Waals surface area (Å²) in [5.41, 5.74) is 4.12. The highest BCUT2D eigenvalue weighted by Gasteiger charge is 2.28. The van der Waals surface area contributed by atoms with Gasteiger partial charge in [0.2, 0.25) is 0 Å². The van der Waals surface area contributed by atoms with E-state index < -0.39 is 35.1 Å². The molecule has 0 saturated carbocycles. The summed E-state index contributed by atoms with van der Waals surface area (Å²) in [5, 5.41) is 2.24. The fourth-order valence-corrected chi connectivity index (χ4v) is 1.61. The minimum absolute atomic E-state index is 0.307. The molecule has 1 unspecified atom stereocenters. The van der Waals surface area contributed by atoms with Gasteiger partial charge in [0.25, 0.3) is 5.91 Å². The summed E-state index contributed by atoms with van der Waals surface area (Å²) in [6, 6.07) is 0.894. The van der Waals surface area contributed by atoms with Crippen LogP contribution in [-0.2, 0) is 9.53 Å². The van der Waals surface area contributed by atoms with Crippen molar-refractivity contribution in [3.8, 4) is 0 Å². The Hall–Kier alpha value is -2.18. The van der Waals surface area contributed by atoms with Gasteiger partial charge in [0.05, 0.1) is 12.8 Å². The van der Waals surface area contributed by atoms with E-state index in [-0.39, 0.29) is 11.6 Å². The maximum absolute atomic E-state index is 13.7. The maximum atomic E-state index is 13.7. The topological polar surface area (TPSA) is 81.4 Å². The van der Waals surface area contributed by atoms with Crippen molar-refractivity contribution >= 4 is 17.6 Å². The Bertz CT molecular complexity index is 533. The van der Waals surface area contributed by atoms with Crippen LogP contribution in [0.2, 0.25) is 0 Å². The van der Waals surface area contributed by atoms with Crippen LogP contribution in [-0.4, -0.2) is 25.0 Å². The molecule has 20 heavy (non-hydrogen) atoms. The SMILES string of the molecule is COC(=O)C(NC(=O)c1c(F)ccc(N)c1F)C(C)C.